The first kappa shape index (κ1) is 30.3. The van der Waals surface area contributed by atoms with Gasteiger partial charge in [-0.1, -0.05) is 153 Å². The molecule has 8 aromatic carbocycles. The number of benzene rings is 8. The van der Waals surface area contributed by atoms with E-state index < -0.39 is 0 Å². The number of hydrogen-bond donors (Lipinski definition) is 0. The molecule has 0 radical (unpaired) electrons. The predicted octanol–water partition coefficient (Wildman–Crippen LogP) is 13.9. The number of hydrogen-bond acceptors (Lipinski definition) is 3. The van der Waals surface area contributed by atoms with Gasteiger partial charge in [-0.2, -0.15) is 0 Å². The number of fused-ring (bicyclic) bond motifs is 5. The van der Waals surface area contributed by atoms with Gasteiger partial charge in [0, 0.05) is 27.7 Å². The van der Waals surface area contributed by atoms with Crippen LogP contribution in [0.15, 0.2) is 182 Å². The molecule has 2 aliphatic rings. The summed E-state index contributed by atoms with van der Waals surface area (Å²) < 4.78 is 6.89. The largest absolute Gasteiger partial charge is 0.452 e. The molecule has 0 saturated carbocycles. The summed E-state index contributed by atoms with van der Waals surface area (Å²) in [5.41, 5.74) is 13.5. The summed E-state index contributed by atoms with van der Waals surface area (Å²) in [5, 5.41) is 2.41. The zero-order valence-electron chi connectivity index (χ0n) is 29.1. The minimum atomic E-state index is -0.259. The molecule has 0 aromatic heterocycles. The van der Waals surface area contributed by atoms with E-state index in [1.54, 1.807) is 0 Å². The van der Waals surface area contributed by atoms with Crippen LogP contribution in [0.1, 0.15) is 25.0 Å². The SMILES string of the molecule is CC1(C)c2ccc(N(c3cccc(-c4ccccc4)c3)c3cccc4ccccc34)cc2N2c3cccc(-c4ccccc4)c3Oc3cccc1c32. The lowest BCUT2D eigenvalue weighted by Crippen LogP contribution is -2.32. The highest BCUT2D eigenvalue weighted by molar-refractivity contribution is 6.01. The van der Waals surface area contributed by atoms with Crippen LogP contribution in [0.5, 0.6) is 11.5 Å². The number of para-hydroxylation sites is 2. The third-order valence-electron chi connectivity index (χ3n) is 10.8. The van der Waals surface area contributed by atoms with Crippen LogP contribution in [-0.2, 0) is 5.41 Å². The average Bonchev–Trinajstić information content (AvgIpc) is 3.20. The van der Waals surface area contributed by atoms with Crippen molar-refractivity contribution in [2.24, 2.45) is 0 Å². The first-order valence-electron chi connectivity index (χ1n) is 17.9. The number of anilines is 6. The molecule has 0 aliphatic carbocycles. The Morgan fingerprint density at radius 1 is 0.500 bits per heavy atom. The van der Waals surface area contributed by atoms with E-state index in [-0.39, 0.29) is 5.41 Å². The monoisotopic (exact) mass is 668 g/mol. The summed E-state index contributed by atoms with van der Waals surface area (Å²) in [6.45, 7) is 4.67. The van der Waals surface area contributed by atoms with Crippen molar-refractivity contribution >= 4 is 44.9 Å². The van der Waals surface area contributed by atoms with E-state index in [0.29, 0.717) is 0 Å². The smallest absolute Gasteiger partial charge is 0.159 e. The van der Waals surface area contributed by atoms with Crippen molar-refractivity contribution in [1.29, 1.82) is 0 Å². The molecule has 0 amide bonds. The summed E-state index contributed by atoms with van der Waals surface area (Å²) >= 11 is 0. The summed E-state index contributed by atoms with van der Waals surface area (Å²) in [5.74, 6) is 1.75. The van der Waals surface area contributed by atoms with Crippen molar-refractivity contribution in [3.8, 4) is 33.8 Å². The fraction of sp³-hybridized carbons (Fsp3) is 0.0612. The third kappa shape index (κ3) is 4.66. The number of rotatable bonds is 5. The summed E-state index contributed by atoms with van der Waals surface area (Å²) in [6.07, 6.45) is 0. The van der Waals surface area contributed by atoms with Crippen molar-refractivity contribution < 1.29 is 4.74 Å². The van der Waals surface area contributed by atoms with Crippen LogP contribution in [0.25, 0.3) is 33.0 Å². The zero-order chi connectivity index (χ0) is 34.8. The molecule has 10 rings (SSSR count). The summed E-state index contributed by atoms with van der Waals surface area (Å²) in [7, 11) is 0. The van der Waals surface area contributed by atoms with Crippen LogP contribution < -0.4 is 14.5 Å². The van der Waals surface area contributed by atoms with E-state index in [4.69, 9.17) is 4.74 Å². The normalized spacial score (nSPS) is 13.5. The lowest BCUT2D eigenvalue weighted by atomic mass is 9.73. The molecule has 248 valence electrons. The minimum Gasteiger partial charge on any atom is -0.452 e. The van der Waals surface area contributed by atoms with Crippen LogP contribution in [-0.4, -0.2) is 0 Å². The lowest BCUT2D eigenvalue weighted by Gasteiger charge is -2.45. The minimum absolute atomic E-state index is 0.259. The van der Waals surface area contributed by atoms with Gasteiger partial charge in [-0.15, -0.1) is 0 Å². The van der Waals surface area contributed by atoms with Gasteiger partial charge in [0.25, 0.3) is 0 Å². The molecular formula is C49H36N2O. The van der Waals surface area contributed by atoms with Gasteiger partial charge in [0.1, 0.15) is 0 Å². The van der Waals surface area contributed by atoms with Gasteiger partial charge >= 0.3 is 0 Å². The first-order chi connectivity index (χ1) is 25.6. The topological polar surface area (TPSA) is 15.7 Å². The molecule has 0 saturated heterocycles. The van der Waals surface area contributed by atoms with Crippen LogP contribution >= 0.6 is 0 Å². The van der Waals surface area contributed by atoms with E-state index in [2.05, 4.69) is 206 Å². The Morgan fingerprint density at radius 2 is 1.17 bits per heavy atom. The van der Waals surface area contributed by atoms with Crippen LogP contribution in [0.4, 0.5) is 34.1 Å². The Balaban J connectivity index is 1.23. The van der Waals surface area contributed by atoms with Gasteiger partial charge in [0.15, 0.2) is 11.5 Å². The fourth-order valence-corrected chi connectivity index (χ4v) is 8.28. The zero-order valence-corrected chi connectivity index (χ0v) is 29.1. The van der Waals surface area contributed by atoms with E-state index in [1.807, 2.05) is 0 Å². The maximum absolute atomic E-state index is 6.89. The van der Waals surface area contributed by atoms with Crippen molar-refractivity contribution in [1.82, 2.24) is 0 Å². The third-order valence-corrected chi connectivity index (χ3v) is 10.8. The maximum atomic E-state index is 6.89. The Bertz CT molecular complexity index is 2640. The second-order valence-electron chi connectivity index (χ2n) is 14.2. The van der Waals surface area contributed by atoms with Gasteiger partial charge in [-0.3, -0.25) is 0 Å². The van der Waals surface area contributed by atoms with Crippen molar-refractivity contribution in [3.05, 3.63) is 193 Å². The molecule has 3 nitrogen and oxygen atoms in total. The molecule has 0 fully saturated rings. The van der Waals surface area contributed by atoms with Gasteiger partial charge in [-0.25, -0.2) is 0 Å². The van der Waals surface area contributed by atoms with Crippen LogP contribution in [0, 0.1) is 0 Å². The second kappa shape index (κ2) is 11.8. The summed E-state index contributed by atoms with van der Waals surface area (Å²) in [4.78, 5) is 4.87. The molecule has 0 spiro atoms. The van der Waals surface area contributed by atoms with Crippen molar-refractivity contribution in [3.63, 3.8) is 0 Å². The van der Waals surface area contributed by atoms with Crippen LogP contribution in [0.2, 0.25) is 0 Å². The molecular weight excluding hydrogens is 633 g/mol. The first-order valence-corrected chi connectivity index (χ1v) is 17.9. The highest BCUT2D eigenvalue weighted by Gasteiger charge is 2.42. The van der Waals surface area contributed by atoms with Crippen molar-refractivity contribution in [2.75, 3.05) is 9.80 Å². The second-order valence-corrected chi connectivity index (χ2v) is 14.2. The van der Waals surface area contributed by atoms with Crippen LogP contribution in [0.3, 0.4) is 0 Å². The van der Waals surface area contributed by atoms with Crippen molar-refractivity contribution in [2.45, 2.75) is 19.3 Å². The highest BCUT2D eigenvalue weighted by Crippen LogP contribution is 2.61. The Hall–Kier alpha value is -6.58. The lowest BCUT2D eigenvalue weighted by molar-refractivity contribution is 0.473. The van der Waals surface area contributed by atoms with Gasteiger partial charge in [0.05, 0.1) is 22.7 Å². The maximum Gasteiger partial charge on any atom is 0.159 e. The quantitative estimate of drug-likeness (QED) is 0.182. The molecule has 0 bridgehead atoms. The molecule has 3 heteroatoms. The standard InChI is InChI=1S/C49H36N2O/c1-49(2)41-30-29-38(50(43-26-12-20-34-19-9-10-23-39(34)43)37-22-11-21-36(31-37)33-15-5-3-6-16-33)32-45(41)51-44-27-13-24-40(35-17-7-4-8-18-35)48(44)52-46-28-14-25-42(49)47(46)51/h3-32H,1-2H3. The number of nitrogens with zero attached hydrogens (tertiary/aromatic N) is 2. The molecule has 0 N–H and O–H groups in total. The van der Waals surface area contributed by atoms with E-state index >= 15 is 0 Å². The van der Waals surface area contributed by atoms with Gasteiger partial charge < -0.3 is 14.5 Å². The highest BCUT2D eigenvalue weighted by atomic mass is 16.5. The Morgan fingerprint density at radius 3 is 2.02 bits per heavy atom. The molecule has 0 unspecified atom stereocenters. The fourth-order valence-electron chi connectivity index (χ4n) is 8.28. The molecule has 52 heavy (non-hydrogen) atoms. The Labute approximate surface area is 304 Å². The van der Waals surface area contributed by atoms with Gasteiger partial charge in [-0.05, 0) is 75.7 Å². The number of ether oxygens (including phenoxy) is 1. The van der Waals surface area contributed by atoms with E-state index in [0.717, 1.165) is 56.8 Å². The predicted molar refractivity (Wildman–Crippen MR) is 216 cm³/mol. The molecule has 8 aromatic rings. The van der Waals surface area contributed by atoms with Gasteiger partial charge in [0.2, 0.25) is 0 Å². The Kier molecular flexibility index (Phi) is 6.84. The molecule has 2 heterocycles. The average molecular weight is 669 g/mol. The molecule has 0 atom stereocenters. The summed E-state index contributed by atoms with van der Waals surface area (Å²) in [6, 6.07) is 65.4. The van der Waals surface area contributed by atoms with E-state index in [9.17, 15) is 0 Å². The molecule has 2 aliphatic heterocycles. The van der Waals surface area contributed by atoms with E-state index in [1.165, 1.54) is 33.0 Å².